The molecule has 0 amide bonds. The molecule has 1 aromatic carbocycles. The maximum atomic E-state index is 11.2. The summed E-state index contributed by atoms with van der Waals surface area (Å²) in [6.45, 7) is 0. The minimum atomic E-state index is -0.888. The fraction of sp³-hybridized carbons (Fsp3) is 0.300. The smallest absolute Gasteiger partial charge is 0.325 e. The molecule has 0 aliphatic heterocycles. The quantitative estimate of drug-likeness (QED) is 0.370. The number of carbonyl (C=O) groups is 1. The van der Waals surface area contributed by atoms with Crippen LogP contribution in [0.4, 0.5) is 5.69 Å². The van der Waals surface area contributed by atoms with E-state index in [0.29, 0.717) is 5.56 Å². The molecule has 0 aliphatic rings. The third kappa shape index (κ3) is 3.41. The van der Waals surface area contributed by atoms with Gasteiger partial charge in [-0.2, -0.15) is 0 Å². The van der Waals surface area contributed by atoms with Gasteiger partial charge in [0.1, 0.15) is 5.38 Å². The lowest BCUT2D eigenvalue weighted by Crippen LogP contribution is -2.20. The molecule has 0 aliphatic carbocycles. The standard InChI is InChI=1S/C10H9BrClNO4/c1-17-10(14)9(12)8(11)6-2-4-7(5-3-6)13(15)16/h2-5,8-9H,1H3/t8-,9-/m0/s1. The van der Waals surface area contributed by atoms with E-state index in [9.17, 15) is 14.9 Å². The zero-order valence-corrected chi connectivity index (χ0v) is 11.1. The summed E-state index contributed by atoms with van der Waals surface area (Å²) >= 11 is 9.12. The molecule has 1 aromatic rings. The minimum absolute atomic E-state index is 0.0161. The Bertz CT molecular complexity index is 423. The number of non-ortho nitro benzene ring substituents is 1. The van der Waals surface area contributed by atoms with E-state index in [1.165, 1.54) is 31.4 Å². The Labute approximate surface area is 111 Å². The number of hydrogen-bond donors (Lipinski definition) is 0. The Morgan fingerprint density at radius 2 is 2.00 bits per heavy atom. The van der Waals surface area contributed by atoms with Crippen molar-refractivity contribution in [3.63, 3.8) is 0 Å². The topological polar surface area (TPSA) is 69.4 Å². The van der Waals surface area contributed by atoms with Crippen molar-refractivity contribution in [1.29, 1.82) is 0 Å². The number of benzene rings is 1. The molecule has 0 N–H and O–H groups in total. The SMILES string of the molecule is COC(=O)[C@@H](Cl)[C@@H](Br)c1ccc([N+](=O)[O-])cc1. The molecule has 0 saturated heterocycles. The van der Waals surface area contributed by atoms with Gasteiger partial charge in [0, 0.05) is 12.1 Å². The molecule has 17 heavy (non-hydrogen) atoms. The second kappa shape index (κ2) is 5.97. The molecule has 0 unspecified atom stereocenters. The zero-order chi connectivity index (χ0) is 13.0. The molecule has 1 rings (SSSR count). The maximum Gasteiger partial charge on any atom is 0.325 e. The number of nitro benzene ring substituents is 1. The third-order valence-corrected chi connectivity index (χ3v) is 3.90. The molecule has 92 valence electrons. The van der Waals surface area contributed by atoms with Crippen LogP contribution in [-0.2, 0) is 9.53 Å². The Balaban J connectivity index is 2.86. The van der Waals surface area contributed by atoms with Crippen LogP contribution in [0.3, 0.4) is 0 Å². The minimum Gasteiger partial charge on any atom is -0.468 e. The molecular formula is C10H9BrClNO4. The van der Waals surface area contributed by atoms with E-state index >= 15 is 0 Å². The van der Waals surface area contributed by atoms with Crippen molar-refractivity contribution in [2.75, 3.05) is 7.11 Å². The summed E-state index contributed by atoms with van der Waals surface area (Å²) in [4.78, 5) is 20.7. The van der Waals surface area contributed by atoms with E-state index in [2.05, 4.69) is 20.7 Å². The number of nitrogens with zero attached hydrogens (tertiary/aromatic N) is 1. The molecule has 0 spiro atoms. The lowest BCUT2D eigenvalue weighted by atomic mass is 10.1. The first-order valence-corrected chi connectivity index (χ1v) is 5.93. The van der Waals surface area contributed by atoms with Gasteiger partial charge >= 0.3 is 5.97 Å². The van der Waals surface area contributed by atoms with Gasteiger partial charge in [-0.1, -0.05) is 28.1 Å². The zero-order valence-electron chi connectivity index (χ0n) is 8.80. The fourth-order valence-corrected chi connectivity index (χ4v) is 1.94. The summed E-state index contributed by atoms with van der Waals surface area (Å²) in [5, 5.41) is 9.58. The first-order chi connectivity index (χ1) is 7.97. The molecule has 7 heteroatoms. The summed E-state index contributed by atoms with van der Waals surface area (Å²) in [7, 11) is 1.24. The van der Waals surface area contributed by atoms with Gasteiger partial charge in [0.15, 0.2) is 0 Å². The number of rotatable bonds is 4. The molecule has 0 heterocycles. The van der Waals surface area contributed by atoms with Crippen molar-refractivity contribution in [1.82, 2.24) is 0 Å². The summed E-state index contributed by atoms with van der Waals surface area (Å²) in [6.07, 6.45) is 0. The highest BCUT2D eigenvalue weighted by atomic mass is 79.9. The summed E-state index contributed by atoms with van der Waals surface area (Å²) in [5.74, 6) is -0.563. The van der Waals surface area contributed by atoms with Gasteiger partial charge < -0.3 is 4.74 Å². The van der Waals surface area contributed by atoms with Gasteiger partial charge in [0.2, 0.25) is 0 Å². The summed E-state index contributed by atoms with van der Waals surface area (Å²) in [5.41, 5.74) is 0.652. The van der Waals surface area contributed by atoms with Crippen molar-refractivity contribution in [2.45, 2.75) is 10.2 Å². The van der Waals surface area contributed by atoms with Crippen LogP contribution >= 0.6 is 27.5 Å². The molecule has 5 nitrogen and oxygen atoms in total. The molecule has 0 bridgehead atoms. The van der Waals surface area contributed by atoms with Crippen LogP contribution in [0.25, 0.3) is 0 Å². The van der Waals surface area contributed by atoms with Gasteiger partial charge in [-0.15, -0.1) is 11.6 Å². The van der Waals surface area contributed by atoms with Crippen LogP contribution in [0.1, 0.15) is 10.4 Å². The Morgan fingerprint density at radius 3 is 2.41 bits per heavy atom. The maximum absolute atomic E-state index is 11.2. The second-order valence-electron chi connectivity index (χ2n) is 3.18. The summed E-state index contributed by atoms with van der Waals surface area (Å²) < 4.78 is 4.51. The van der Waals surface area contributed by atoms with Gasteiger partial charge in [-0.3, -0.25) is 14.9 Å². The normalized spacial score (nSPS) is 13.8. The number of alkyl halides is 2. The number of halogens is 2. The van der Waals surface area contributed by atoms with Gasteiger partial charge in [0.05, 0.1) is 16.9 Å². The van der Waals surface area contributed by atoms with Crippen molar-refractivity contribution < 1.29 is 14.5 Å². The monoisotopic (exact) mass is 321 g/mol. The second-order valence-corrected chi connectivity index (χ2v) is 4.63. The van der Waals surface area contributed by atoms with Crippen LogP contribution in [0.5, 0.6) is 0 Å². The Morgan fingerprint density at radius 1 is 1.47 bits per heavy atom. The Hall–Kier alpha value is -1.14. The third-order valence-electron chi connectivity index (χ3n) is 2.11. The molecular weight excluding hydrogens is 313 g/mol. The van der Waals surface area contributed by atoms with E-state index in [-0.39, 0.29) is 5.69 Å². The molecule has 0 saturated carbocycles. The van der Waals surface area contributed by atoms with Crippen molar-refractivity contribution in [3.05, 3.63) is 39.9 Å². The van der Waals surface area contributed by atoms with Crippen LogP contribution < -0.4 is 0 Å². The predicted octanol–water partition coefficient (Wildman–Crippen LogP) is 2.81. The average molecular weight is 323 g/mol. The van der Waals surface area contributed by atoms with Gasteiger partial charge in [0.25, 0.3) is 5.69 Å². The van der Waals surface area contributed by atoms with Gasteiger partial charge in [-0.05, 0) is 5.56 Å². The number of carbonyl (C=O) groups excluding carboxylic acids is 1. The predicted molar refractivity (Wildman–Crippen MR) is 66.4 cm³/mol. The highest BCUT2D eigenvalue weighted by Gasteiger charge is 2.26. The van der Waals surface area contributed by atoms with E-state index in [1.807, 2.05) is 0 Å². The van der Waals surface area contributed by atoms with Gasteiger partial charge in [-0.25, -0.2) is 0 Å². The number of methoxy groups -OCH3 is 1. The lowest BCUT2D eigenvalue weighted by molar-refractivity contribution is -0.384. The number of esters is 1. The average Bonchev–Trinajstić information content (AvgIpc) is 2.36. The number of ether oxygens (including phenoxy) is 1. The Kier molecular flexibility index (Phi) is 4.89. The highest BCUT2D eigenvalue weighted by Crippen LogP contribution is 2.31. The first kappa shape index (κ1) is 13.9. The van der Waals surface area contributed by atoms with Crippen LogP contribution in [0, 0.1) is 10.1 Å². The number of nitro groups is 1. The molecule has 0 fully saturated rings. The molecule has 0 radical (unpaired) electrons. The molecule has 2 atom stereocenters. The van der Waals surface area contributed by atoms with Crippen molar-refractivity contribution >= 4 is 39.2 Å². The van der Waals surface area contributed by atoms with Crippen LogP contribution in [-0.4, -0.2) is 23.4 Å². The first-order valence-electron chi connectivity index (χ1n) is 4.57. The van der Waals surface area contributed by atoms with Crippen LogP contribution in [0.15, 0.2) is 24.3 Å². The van der Waals surface area contributed by atoms with Crippen LogP contribution in [0.2, 0.25) is 0 Å². The lowest BCUT2D eigenvalue weighted by Gasteiger charge is -2.14. The van der Waals surface area contributed by atoms with E-state index in [4.69, 9.17) is 11.6 Å². The van der Waals surface area contributed by atoms with Crippen molar-refractivity contribution in [3.8, 4) is 0 Å². The van der Waals surface area contributed by atoms with E-state index < -0.39 is 21.1 Å². The number of hydrogen-bond acceptors (Lipinski definition) is 4. The summed E-state index contributed by atoms with van der Waals surface area (Å²) in [6, 6.07) is 5.78. The largest absolute Gasteiger partial charge is 0.468 e. The fourth-order valence-electron chi connectivity index (χ4n) is 1.18. The highest BCUT2D eigenvalue weighted by molar-refractivity contribution is 9.09. The molecule has 0 aromatic heterocycles. The van der Waals surface area contributed by atoms with E-state index in [1.54, 1.807) is 0 Å². The van der Waals surface area contributed by atoms with E-state index in [0.717, 1.165) is 0 Å². The van der Waals surface area contributed by atoms with Crippen molar-refractivity contribution in [2.24, 2.45) is 0 Å².